The van der Waals surface area contributed by atoms with Gasteiger partial charge in [0.1, 0.15) is 0 Å². The molecule has 1 rings (SSSR count). The standard InChI is InChI=1S/C16H23N3O2/c1-12(20)21-11-14(10-18-19-17)9-13-5-7-15(8-6-13)16(2,3)4/h5-8,14H,9-11H2,1-4H3. The van der Waals surface area contributed by atoms with E-state index < -0.39 is 0 Å². The largest absolute Gasteiger partial charge is 0.466 e. The zero-order valence-corrected chi connectivity index (χ0v) is 13.2. The Bertz CT molecular complexity index is 511. The molecular weight excluding hydrogens is 266 g/mol. The highest BCUT2D eigenvalue weighted by Crippen LogP contribution is 2.23. The number of hydrogen-bond donors (Lipinski definition) is 0. The van der Waals surface area contributed by atoms with Gasteiger partial charge in [-0.25, -0.2) is 0 Å². The van der Waals surface area contributed by atoms with Crippen molar-refractivity contribution < 1.29 is 9.53 Å². The second-order valence-corrected chi connectivity index (χ2v) is 6.23. The van der Waals surface area contributed by atoms with Crippen molar-refractivity contribution in [2.24, 2.45) is 11.0 Å². The van der Waals surface area contributed by atoms with Crippen LogP contribution in [-0.4, -0.2) is 19.1 Å². The summed E-state index contributed by atoms with van der Waals surface area (Å²) in [6, 6.07) is 8.40. The number of nitrogens with zero attached hydrogens (tertiary/aromatic N) is 3. The van der Waals surface area contributed by atoms with Gasteiger partial charge in [0.05, 0.1) is 6.61 Å². The molecule has 0 heterocycles. The summed E-state index contributed by atoms with van der Waals surface area (Å²) in [5.41, 5.74) is 11.0. The third kappa shape index (κ3) is 6.32. The Morgan fingerprint density at radius 3 is 2.43 bits per heavy atom. The van der Waals surface area contributed by atoms with Crippen molar-refractivity contribution >= 4 is 5.97 Å². The van der Waals surface area contributed by atoms with E-state index in [0.717, 1.165) is 12.0 Å². The molecule has 0 spiro atoms. The van der Waals surface area contributed by atoms with Crippen LogP contribution in [-0.2, 0) is 21.4 Å². The number of esters is 1. The second-order valence-electron chi connectivity index (χ2n) is 6.23. The van der Waals surface area contributed by atoms with Crippen molar-refractivity contribution in [1.29, 1.82) is 0 Å². The predicted molar refractivity (Wildman–Crippen MR) is 83.0 cm³/mol. The normalized spacial score (nSPS) is 12.4. The highest BCUT2D eigenvalue weighted by atomic mass is 16.5. The summed E-state index contributed by atoms with van der Waals surface area (Å²) >= 11 is 0. The molecule has 21 heavy (non-hydrogen) atoms. The van der Waals surface area contributed by atoms with Gasteiger partial charge in [0, 0.05) is 24.3 Å². The Hall–Kier alpha value is -2.00. The van der Waals surface area contributed by atoms with Crippen LogP contribution in [0.5, 0.6) is 0 Å². The minimum absolute atomic E-state index is 0.00490. The SMILES string of the molecule is CC(=O)OCC(CN=[N+]=[N-])Cc1ccc(C(C)(C)C)cc1. The first-order valence-electron chi connectivity index (χ1n) is 7.06. The average Bonchev–Trinajstić information content (AvgIpc) is 2.41. The van der Waals surface area contributed by atoms with Gasteiger partial charge in [-0.2, -0.15) is 0 Å². The van der Waals surface area contributed by atoms with Crippen LogP contribution in [0.1, 0.15) is 38.8 Å². The average molecular weight is 289 g/mol. The van der Waals surface area contributed by atoms with E-state index in [1.165, 1.54) is 12.5 Å². The van der Waals surface area contributed by atoms with Crippen molar-refractivity contribution in [2.75, 3.05) is 13.2 Å². The van der Waals surface area contributed by atoms with E-state index >= 15 is 0 Å². The Labute approximate surface area is 125 Å². The molecule has 0 radical (unpaired) electrons. The molecule has 1 unspecified atom stereocenters. The van der Waals surface area contributed by atoms with Crippen molar-refractivity contribution in [3.05, 3.63) is 45.8 Å². The van der Waals surface area contributed by atoms with Crippen LogP contribution in [0.3, 0.4) is 0 Å². The molecule has 0 aliphatic carbocycles. The summed E-state index contributed by atoms with van der Waals surface area (Å²) in [6.07, 6.45) is 0.719. The van der Waals surface area contributed by atoms with E-state index in [1.807, 2.05) is 0 Å². The van der Waals surface area contributed by atoms with Crippen molar-refractivity contribution in [3.63, 3.8) is 0 Å². The van der Waals surface area contributed by atoms with E-state index in [4.69, 9.17) is 10.3 Å². The van der Waals surface area contributed by atoms with Gasteiger partial charge in [-0.3, -0.25) is 4.79 Å². The van der Waals surface area contributed by atoms with Gasteiger partial charge in [-0.1, -0.05) is 50.2 Å². The first-order chi connectivity index (χ1) is 9.82. The third-order valence-electron chi connectivity index (χ3n) is 3.27. The maximum atomic E-state index is 10.9. The third-order valence-corrected chi connectivity index (χ3v) is 3.27. The molecule has 0 aliphatic rings. The summed E-state index contributed by atoms with van der Waals surface area (Å²) in [6.45, 7) is 8.50. The summed E-state index contributed by atoms with van der Waals surface area (Å²) in [5.74, 6) is -0.311. The summed E-state index contributed by atoms with van der Waals surface area (Å²) in [5, 5.41) is 3.59. The van der Waals surface area contributed by atoms with Gasteiger partial charge in [-0.15, -0.1) is 0 Å². The summed E-state index contributed by atoms with van der Waals surface area (Å²) < 4.78 is 5.03. The minimum Gasteiger partial charge on any atom is -0.466 e. The van der Waals surface area contributed by atoms with Gasteiger partial charge < -0.3 is 4.74 Å². The van der Waals surface area contributed by atoms with Crippen LogP contribution < -0.4 is 0 Å². The molecule has 0 fully saturated rings. The van der Waals surface area contributed by atoms with Crippen LogP contribution in [0.15, 0.2) is 29.4 Å². The lowest BCUT2D eigenvalue weighted by atomic mass is 9.86. The molecule has 5 nitrogen and oxygen atoms in total. The quantitative estimate of drug-likeness (QED) is 0.343. The Morgan fingerprint density at radius 1 is 1.33 bits per heavy atom. The molecule has 0 bridgehead atoms. The van der Waals surface area contributed by atoms with Crippen molar-refractivity contribution in [1.82, 2.24) is 0 Å². The predicted octanol–water partition coefficient (Wildman–Crippen LogP) is 4.02. The Kier molecular flexibility index (Phi) is 6.25. The zero-order chi connectivity index (χ0) is 15.9. The molecule has 5 heteroatoms. The zero-order valence-electron chi connectivity index (χ0n) is 13.2. The fraction of sp³-hybridized carbons (Fsp3) is 0.562. The lowest BCUT2D eigenvalue weighted by molar-refractivity contribution is -0.142. The first-order valence-corrected chi connectivity index (χ1v) is 7.06. The highest BCUT2D eigenvalue weighted by molar-refractivity contribution is 5.65. The van der Waals surface area contributed by atoms with Crippen LogP contribution in [0, 0.1) is 5.92 Å². The minimum atomic E-state index is -0.316. The molecule has 0 aliphatic heterocycles. The number of azide groups is 1. The van der Waals surface area contributed by atoms with Gasteiger partial charge in [0.2, 0.25) is 0 Å². The fourth-order valence-corrected chi connectivity index (χ4v) is 2.04. The smallest absolute Gasteiger partial charge is 0.302 e. The topological polar surface area (TPSA) is 75.1 Å². The lowest BCUT2D eigenvalue weighted by Gasteiger charge is -2.20. The first kappa shape index (κ1) is 17.1. The van der Waals surface area contributed by atoms with Gasteiger partial charge in [0.15, 0.2) is 0 Å². The molecule has 0 saturated heterocycles. The number of rotatable bonds is 6. The van der Waals surface area contributed by atoms with Crippen molar-refractivity contribution in [2.45, 2.75) is 39.5 Å². The Morgan fingerprint density at radius 2 is 1.95 bits per heavy atom. The second kappa shape index (κ2) is 7.70. The summed E-state index contributed by atoms with van der Waals surface area (Å²) in [7, 11) is 0. The van der Waals surface area contributed by atoms with E-state index in [1.54, 1.807) is 0 Å². The molecule has 0 amide bonds. The monoisotopic (exact) mass is 289 g/mol. The fourth-order valence-electron chi connectivity index (χ4n) is 2.04. The van der Waals surface area contributed by atoms with Crippen molar-refractivity contribution in [3.8, 4) is 0 Å². The lowest BCUT2D eigenvalue weighted by Crippen LogP contribution is -2.18. The molecule has 114 valence electrons. The highest BCUT2D eigenvalue weighted by Gasteiger charge is 2.14. The maximum Gasteiger partial charge on any atom is 0.302 e. The number of ether oxygens (including phenoxy) is 1. The molecular formula is C16H23N3O2. The molecule has 1 aromatic rings. The van der Waals surface area contributed by atoms with Gasteiger partial charge in [0.25, 0.3) is 0 Å². The summed E-state index contributed by atoms with van der Waals surface area (Å²) in [4.78, 5) is 13.7. The van der Waals surface area contributed by atoms with E-state index in [0.29, 0.717) is 6.54 Å². The van der Waals surface area contributed by atoms with E-state index in [9.17, 15) is 4.79 Å². The number of carbonyl (C=O) groups is 1. The maximum absolute atomic E-state index is 10.9. The van der Waals surface area contributed by atoms with Crippen LogP contribution in [0.2, 0.25) is 0 Å². The molecule has 1 aromatic carbocycles. The van der Waals surface area contributed by atoms with Crippen LogP contribution >= 0.6 is 0 Å². The Balaban J connectivity index is 2.73. The molecule has 1 atom stereocenters. The van der Waals surface area contributed by atoms with Crippen LogP contribution in [0.25, 0.3) is 10.4 Å². The van der Waals surface area contributed by atoms with Crippen LogP contribution in [0.4, 0.5) is 0 Å². The molecule has 0 aromatic heterocycles. The molecule has 0 saturated carbocycles. The number of hydrogen-bond acceptors (Lipinski definition) is 3. The van der Waals surface area contributed by atoms with E-state index in [2.05, 4.69) is 55.1 Å². The number of carbonyl (C=O) groups excluding carboxylic acids is 1. The van der Waals surface area contributed by atoms with E-state index in [-0.39, 0.29) is 23.9 Å². The van der Waals surface area contributed by atoms with Gasteiger partial charge >= 0.3 is 5.97 Å². The van der Waals surface area contributed by atoms with Gasteiger partial charge in [-0.05, 0) is 28.5 Å². The number of benzene rings is 1. The molecule has 0 N–H and O–H groups in total.